The second kappa shape index (κ2) is 5.96. The molecule has 3 nitrogen and oxygen atoms in total. The van der Waals surface area contributed by atoms with Gasteiger partial charge in [-0.1, -0.05) is 37.3 Å². The molecule has 0 radical (unpaired) electrons. The molecule has 0 saturated heterocycles. The molecule has 0 aliphatic rings. The fourth-order valence-electron chi connectivity index (χ4n) is 1.82. The Morgan fingerprint density at radius 1 is 1.11 bits per heavy atom. The van der Waals surface area contributed by atoms with Gasteiger partial charge in [-0.3, -0.25) is 9.78 Å². The second-order valence-electron chi connectivity index (χ2n) is 4.05. The molecular weight excluding hydrogens is 224 g/mol. The van der Waals surface area contributed by atoms with Crippen LogP contribution < -0.4 is 5.32 Å². The monoisotopic (exact) mass is 240 g/mol. The molecule has 0 unspecified atom stereocenters. The number of nitrogens with zero attached hydrogens (tertiary/aromatic N) is 1. The number of aromatic nitrogens is 1. The molecule has 1 amide bonds. The van der Waals surface area contributed by atoms with Crippen LogP contribution in [-0.4, -0.2) is 10.9 Å². The van der Waals surface area contributed by atoms with Crippen LogP contribution in [0.2, 0.25) is 0 Å². The molecule has 1 aromatic heterocycles. The summed E-state index contributed by atoms with van der Waals surface area (Å²) in [4.78, 5) is 15.7. The lowest BCUT2D eigenvalue weighted by molar-refractivity contribution is -0.121. The van der Waals surface area contributed by atoms with Crippen molar-refractivity contribution in [2.75, 3.05) is 0 Å². The molecule has 3 heteroatoms. The van der Waals surface area contributed by atoms with Gasteiger partial charge in [0.1, 0.15) is 0 Å². The topological polar surface area (TPSA) is 42.0 Å². The van der Waals surface area contributed by atoms with E-state index < -0.39 is 0 Å². The number of benzene rings is 1. The third-order valence-corrected chi connectivity index (χ3v) is 2.80. The van der Waals surface area contributed by atoms with E-state index in [0.717, 1.165) is 11.1 Å². The van der Waals surface area contributed by atoms with Gasteiger partial charge in [-0.15, -0.1) is 0 Å². The Balaban J connectivity index is 2.32. The van der Waals surface area contributed by atoms with Gasteiger partial charge in [-0.25, -0.2) is 0 Å². The first-order valence-electron chi connectivity index (χ1n) is 6.05. The molecule has 1 aromatic carbocycles. The molecule has 0 bridgehead atoms. The number of carbonyl (C=O) groups excluding carboxylic acids is 1. The quantitative estimate of drug-likeness (QED) is 0.892. The van der Waals surface area contributed by atoms with Crippen molar-refractivity contribution in [3.63, 3.8) is 0 Å². The highest BCUT2D eigenvalue weighted by atomic mass is 16.1. The van der Waals surface area contributed by atoms with Crippen LogP contribution in [0, 0.1) is 0 Å². The summed E-state index contributed by atoms with van der Waals surface area (Å²) in [5, 5.41) is 3.03. The van der Waals surface area contributed by atoms with Gasteiger partial charge < -0.3 is 5.32 Å². The first-order valence-corrected chi connectivity index (χ1v) is 6.05. The van der Waals surface area contributed by atoms with E-state index in [0.29, 0.717) is 6.42 Å². The smallest absolute Gasteiger partial charge is 0.220 e. The fourth-order valence-corrected chi connectivity index (χ4v) is 1.82. The predicted octanol–water partition coefficient (Wildman–Crippen LogP) is 2.70. The highest BCUT2D eigenvalue weighted by Crippen LogP contribution is 2.21. The lowest BCUT2D eigenvalue weighted by Gasteiger charge is -2.19. The number of carbonyl (C=O) groups is 1. The van der Waals surface area contributed by atoms with Crippen molar-refractivity contribution in [2.24, 2.45) is 0 Å². The molecule has 92 valence electrons. The summed E-state index contributed by atoms with van der Waals surface area (Å²) in [6.07, 6.45) is 3.96. The van der Waals surface area contributed by atoms with Crippen LogP contribution in [0.4, 0.5) is 0 Å². The molecule has 2 rings (SSSR count). The molecule has 0 aliphatic heterocycles. The summed E-state index contributed by atoms with van der Waals surface area (Å²) in [7, 11) is 0. The van der Waals surface area contributed by atoms with E-state index in [1.54, 1.807) is 12.4 Å². The fraction of sp³-hybridized carbons (Fsp3) is 0.200. The Labute approximate surface area is 107 Å². The number of nitrogens with one attached hydrogen (secondary N) is 1. The molecule has 18 heavy (non-hydrogen) atoms. The molecule has 0 aliphatic carbocycles. The van der Waals surface area contributed by atoms with Crippen molar-refractivity contribution < 1.29 is 4.79 Å². The maximum absolute atomic E-state index is 11.6. The summed E-state index contributed by atoms with van der Waals surface area (Å²) in [6, 6.07) is 13.7. The first kappa shape index (κ1) is 12.3. The van der Waals surface area contributed by atoms with E-state index in [9.17, 15) is 4.79 Å². The number of rotatable bonds is 4. The van der Waals surface area contributed by atoms with E-state index in [1.807, 2.05) is 49.4 Å². The van der Waals surface area contributed by atoms with E-state index >= 15 is 0 Å². The van der Waals surface area contributed by atoms with Crippen LogP contribution in [0.15, 0.2) is 54.9 Å². The molecule has 0 spiro atoms. The third-order valence-electron chi connectivity index (χ3n) is 2.80. The minimum Gasteiger partial charge on any atom is -0.345 e. The number of hydrogen-bond acceptors (Lipinski definition) is 2. The highest BCUT2D eigenvalue weighted by molar-refractivity contribution is 5.76. The van der Waals surface area contributed by atoms with Crippen molar-refractivity contribution in [2.45, 2.75) is 19.4 Å². The zero-order valence-corrected chi connectivity index (χ0v) is 10.3. The Morgan fingerprint density at radius 2 is 1.72 bits per heavy atom. The standard InChI is InChI=1S/C15H16N2O/c1-2-14(18)17-15(12-6-4-3-5-7-12)13-8-10-16-11-9-13/h3-11,15H,2H2,1H3,(H,17,18)/t15-/m1/s1. The maximum Gasteiger partial charge on any atom is 0.220 e. The Kier molecular flexibility index (Phi) is 4.07. The van der Waals surface area contributed by atoms with Gasteiger partial charge in [0.15, 0.2) is 0 Å². The number of amides is 1. The van der Waals surface area contributed by atoms with Gasteiger partial charge in [-0.05, 0) is 23.3 Å². The van der Waals surface area contributed by atoms with Gasteiger partial charge in [0, 0.05) is 18.8 Å². The van der Waals surface area contributed by atoms with Gasteiger partial charge in [0.2, 0.25) is 5.91 Å². The molecule has 1 atom stereocenters. The summed E-state index contributed by atoms with van der Waals surface area (Å²) < 4.78 is 0. The normalized spacial score (nSPS) is 11.8. The minimum absolute atomic E-state index is 0.0423. The van der Waals surface area contributed by atoms with E-state index in [2.05, 4.69) is 10.3 Å². The average molecular weight is 240 g/mol. The van der Waals surface area contributed by atoms with Crippen LogP contribution in [0.1, 0.15) is 30.5 Å². The van der Waals surface area contributed by atoms with Crippen LogP contribution in [-0.2, 0) is 4.79 Å². The summed E-state index contributed by atoms with van der Waals surface area (Å²) in [6.45, 7) is 1.85. The van der Waals surface area contributed by atoms with Crippen molar-refractivity contribution >= 4 is 5.91 Å². The van der Waals surface area contributed by atoms with E-state index in [-0.39, 0.29) is 11.9 Å². The number of hydrogen-bond donors (Lipinski definition) is 1. The van der Waals surface area contributed by atoms with Gasteiger partial charge in [-0.2, -0.15) is 0 Å². The van der Waals surface area contributed by atoms with Crippen LogP contribution in [0.5, 0.6) is 0 Å². The largest absolute Gasteiger partial charge is 0.345 e. The van der Waals surface area contributed by atoms with Crippen molar-refractivity contribution in [1.82, 2.24) is 10.3 Å². The van der Waals surface area contributed by atoms with Crippen LogP contribution in [0.25, 0.3) is 0 Å². The Morgan fingerprint density at radius 3 is 2.33 bits per heavy atom. The molecule has 0 saturated carbocycles. The van der Waals surface area contributed by atoms with Crippen molar-refractivity contribution in [3.05, 3.63) is 66.0 Å². The lowest BCUT2D eigenvalue weighted by atomic mass is 9.99. The number of pyridine rings is 1. The summed E-state index contributed by atoms with van der Waals surface area (Å²) in [5.74, 6) is 0.0423. The summed E-state index contributed by atoms with van der Waals surface area (Å²) in [5.41, 5.74) is 2.11. The average Bonchev–Trinajstić information content (AvgIpc) is 2.46. The van der Waals surface area contributed by atoms with Gasteiger partial charge in [0.05, 0.1) is 6.04 Å². The molecule has 1 heterocycles. The lowest BCUT2D eigenvalue weighted by Crippen LogP contribution is -2.28. The Bertz CT molecular complexity index is 457. The zero-order valence-electron chi connectivity index (χ0n) is 10.3. The van der Waals surface area contributed by atoms with Crippen molar-refractivity contribution in [3.8, 4) is 0 Å². The van der Waals surface area contributed by atoms with Gasteiger partial charge in [0.25, 0.3) is 0 Å². The minimum atomic E-state index is -0.110. The zero-order chi connectivity index (χ0) is 12.8. The van der Waals surface area contributed by atoms with Gasteiger partial charge >= 0.3 is 0 Å². The van der Waals surface area contributed by atoms with Crippen molar-refractivity contribution in [1.29, 1.82) is 0 Å². The Hall–Kier alpha value is -2.16. The van der Waals surface area contributed by atoms with E-state index in [4.69, 9.17) is 0 Å². The maximum atomic E-state index is 11.6. The molecular formula is C15H16N2O. The highest BCUT2D eigenvalue weighted by Gasteiger charge is 2.15. The third kappa shape index (κ3) is 2.94. The van der Waals surface area contributed by atoms with E-state index in [1.165, 1.54) is 0 Å². The molecule has 0 fully saturated rings. The second-order valence-corrected chi connectivity index (χ2v) is 4.05. The molecule has 2 aromatic rings. The summed E-state index contributed by atoms with van der Waals surface area (Å²) >= 11 is 0. The molecule has 1 N–H and O–H groups in total. The SMILES string of the molecule is CCC(=O)N[C@H](c1ccccc1)c1ccncc1. The first-order chi connectivity index (χ1) is 8.81. The van der Waals surface area contributed by atoms with Crippen LogP contribution in [0.3, 0.4) is 0 Å². The predicted molar refractivity (Wildman–Crippen MR) is 71.0 cm³/mol. The van der Waals surface area contributed by atoms with Crippen LogP contribution >= 0.6 is 0 Å².